The average Bonchev–Trinajstić information content (AvgIpc) is 2.64. The van der Waals surface area contributed by atoms with Gasteiger partial charge in [0, 0.05) is 6.42 Å². The lowest BCUT2D eigenvalue weighted by atomic mass is 9.96. The van der Waals surface area contributed by atoms with Gasteiger partial charge in [-0.25, -0.2) is 4.79 Å². The Hall–Kier alpha value is -1.59. The van der Waals surface area contributed by atoms with Crippen LogP contribution in [0.1, 0.15) is 98.8 Å². The van der Waals surface area contributed by atoms with Crippen LogP contribution < -0.4 is 10.6 Å². The molecule has 28 heavy (non-hydrogen) atoms. The van der Waals surface area contributed by atoms with Crippen LogP contribution in [0.5, 0.6) is 0 Å². The number of carbonyl (C=O) groups excluding carboxylic acids is 2. The van der Waals surface area contributed by atoms with E-state index in [0.29, 0.717) is 6.42 Å². The molecule has 0 aromatic carbocycles. The molecule has 0 aliphatic heterocycles. The minimum atomic E-state index is -1.06. The second-order valence-corrected chi connectivity index (χ2v) is 8.22. The molecule has 0 saturated carbocycles. The minimum Gasteiger partial charge on any atom is -0.480 e. The number of hydrogen-bond donors (Lipinski definition) is 3. The largest absolute Gasteiger partial charge is 0.480 e. The SMILES string of the molecule is CCCCCCCCCCC(=O)N[C@H](C(=O)N[C@H](C(=O)O)C(C)C)[C@@H](C)CC. The maximum atomic E-state index is 12.6. The Bertz CT molecular complexity index is 465. The first-order chi connectivity index (χ1) is 13.2. The molecule has 0 bridgehead atoms. The van der Waals surface area contributed by atoms with Crippen LogP contribution in [0.25, 0.3) is 0 Å². The van der Waals surface area contributed by atoms with E-state index < -0.39 is 24.0 Å². The van der Waals surface area contributed by atoms with Gasteiger partial charge in [0.25, 0.3) is 0 Å². The van der Waals surface area contributed by atoms with Gasteiger partial charge in [-0.2, -0.15) is 0 Å². The highest BCUT2D eigenvalue weighted by atomic mass is 16.4. The molecule has 6 heteroatoms. The van der Waals surface area contributed by atoms with Crippen molar-refractivity contribution in [2.24, 2.45) is 11.8 Å². The first-order valence-electron chi connectivity index (χ1n) is 11.1. The lowest BCUT2D eigenvalue weighted by molar-refractivity contribution is -0.143. The van der Waals surface area contributed by atoms with E-state index in [4.69, 9.17) is 0 Å². The van der Waals surface area contributed by atoms with E-state index in [1.165, 1.54) is 32.1 Å². The average molecular weight is 399 g/mol. The second kappa shape index (κ2) is 15.3. The highest BCUT2D eigenvalue weighted by Gasteiger charge is 2.30. The minimum absolute atomic E-state index is 0.0656. The summed E-state index contributed by atoms with van der Waals surface area (Å²) >= 11 is 0. The van der Waals surface area contributed by atoms with Crippen LogP contribution in [-0.2, 0) is 14.4 Å². The Morgan fingerprint density at radius 2 is 1.32 bits per heavy atom. The van der Waals surface area contributed by atoms with Crippen molar-refractivity contribution in [2.75, 3.05) is 0 Å². The van der Waals surface area contributed by atoms with Gasteiger partial charge in [-0.3, -0.25) is 9.59 Å². The number of carboxylic acid groups (broad SMARTS) is 1. The van der Waals surface area contributed by atoms with E-state index in [1.807, 2.05) is 13.8 Å². The van der Waals surface area contributed by atoms with Crippen LogP contribution in [0.15, 0.2) is 0 Å². The molecule has 164 valence electrons. The second-order valence-electron chi connectivity index (χ2n) is 8.22. The normalized spacial score (nSPS) is 14.4. The molecule has 0 rings (SSSR count). The molecule has 0 saturated heterocycles. The maximum Gasteiger partial charge on any atom is 0.326 e. The lowest BCUT2D eigenvalue weighted by Gasteiger charge is -2.26. The van der Waals surface area contributed by atoms with Gasteiger partial charge >= 0.3 is 5.97 Å². The highest BCUT2D eigenvalue weighted by Crippen LogP contribution is 2.12. The van der Waals surface area contributed by atoms with Crippen LogP contribution in [0.2, 0.25) is 0 Å². The summed E-state index contributed by atoms with van der Waals surface area (Å²) in [5.41, 5.74) is 0. The van der Waals surface area contributed by atoms with Gasteiger partial charge in [-0.1, -0.05) is 86.0 Å². The molecule has 0 fully saturated rings. The molecule has 0 aliphatic carbocycles. The molecule has 2 amide bonds. The van der Waals surface area contributed by atoms with Gasteiger partial charge in [0.15, 0.2) is 0 Å². The number of nitrogens with one attached hydrogen (secondary N) is 2. The summed E-state index contributed by atoms with van der Waals surface area (Å²) in [6, 6.07) is -1.66. The summed E-state index contributed by atoms with van der Waals surface area (Å²) in [5, 5.41) is 14.7. The lowest BCUT2D eigenvalue weighted by Crippen LogP contribution is -2.55. The monoisotopic (exact) mass is 398 g/mol. The van der Waals surface area contributed by atoms with E-state index in [2.05, 4.69) is 17.6 Å². The first kappa shape index (κ1) is 26.4. The van der Waals surface area contributed by atoms with Gasteiger partial charge in [0.05, 0.1) is 0 Å². The Labute approximate surface area is 171 Å². The topological polar surface area (TPSA) is 95.5 Å². The molecule has 3 N–H and O–H groups in total. The third-order valence-electron chi connectivity index (χ3n) is 5.30. The Morgan fingerprint density at radius 3 is 1.79 bits per heavy atom. The van der Waals surface area contributed by atoms with Crippen LogP contribution in [0.4, 0.5) is 0 Å². The Kier molecular flexibility index (Phi) is 14.5. The molecular formula is C22H42N2O4. The summed E-state index contributed by atoms with van der Waals surface area (Å²) in [7, 11) is 0. The van der Waals surface area contributed by atoms with Crippen molar-refractivity contribution in [1.29, 1.82) is 0 Å². The number of carbonyl (C=O) groups is 3. The summed E-state index contributed by atoms with van der Waals surface area (Å²) in [4.78, 5) is 36.3. The summed E-state index contributed by atoms with van der Waals surface area (Å²) < 4.78 is 0. The summed E-state index contributed by atoms with van der Waals surface area (Å²) in [6.45, 7) is 9.55. The van der Waals surface area contributed by atoms with Crippen LogP contribution in [0, 0.1) is 11.8 Å². The summed E-state index contributed by atoms with van der Waals surface area (Å²) in [6.07, 6.45) is 10.4. The van der Waals surface area contributed by atoms with Crippen LogP contribution >= 0.6 is 0 Å². The number of unbranched alkanes of at least 4 members (excludes halogenated alkanes) is 7. The highest BCUT2D eigenvalue weighted by molar-refractivity contribution is 5.90. The molecule has 0 aliphatic rings. The van der Waals surface area contributed by atoms with Crippen LogP contribution in [-0.4, -0.2) is 35.0 Å². The van der Waals surface area contributed by atoms with Crippen molar-refractivity contribution in [2.45, 2.75) is 111 Å². The zero-order chi connectivity index (χ0) is 21.5. The fourth-order valence-electron chi connectivity index (χ4n) is 3.12. The maximum absolute atomic E-state index is 12.6. The van der Waals surface area contributed by atoms with Gasteiger partial charge in [-0.15, -0.1) is 0 Å². The predicted molar refractivity (Wildman–Crippen MR) is 113 cm³/mol. The zero-order valence-electron chi connectivity index (χ0n) is 18.6. The number of carboxylic acids is 1. The number of hydrogen-bond acceptors (Lipinski definition) is 3. The molecular weight excluding hydrogens is 356 g/mol. The molecule has 0 aromatic rings. The molecule has 0 spiro atoms. The van der Waals surface area contributed by atoms with E-state index in [1.54, 1.807) is 13.8 Å². The van der Waals surface area contributed by atoms with Gasteiger partial charge in [0.2, 0.25) is 11.8 Å². The van der Waals surface area contributed by atoms with E-state index >= 15 is 0 Å². The van der Waals surface area contributed by atoms with Crippen molar-refractivity contribution < 1.29 is 19.5 Å². The standard InChI is InChI=1S/C22H42N2O4/c1-6-8-9-10-11-12-13-14-15-18(25)23-20(17(5)7-2)21(26)24-19(16(3)4)22(27)28/h16-17,19-20H,6-15H2,1-5H3,(H,23,25)(H,24,26)(H,27,28)/t17-,19-,20-/m0/s1. The molecule has 6 nitrogen and oxygen atoms in total. The fraction of sp³-hybridized carbons (Fsp3) is 0.864. The van der Waals surface area contributed by atoms with Gasteiger partial charge in [0.1, 0.15) is 12.1 Å². The van der Waals surface area contributed by atoms with Crippen molar-refractivity contribution in [3.05, 3.63) is 0 Å². The smallest absolute Gasteiger partial charge is 0.326 e. The van der Waals surface area contributed by atoms with Gasteiger partial charge < -0.3 is 15.7 Å². The number of rotatable bonds is 16. The van der Waals surface area contributed by atoms with Gasteiger partial charge in [-0.05, 0) is 18.3 Å². The predicted octanol–water partition coefficient (Wildman–Crippen LogP) is 4.27. The molecule has 0 aromatic heterocycles. The zero-order valence-corrected chi connectivity index (χ0v) is 18.6. The summed E-state index contributed by atoms with van der Waals surface area (Å²) in [5.74, 6) is -1.91. The molecule has 3 atom stereocenters. The molecule has 0 unspecified atom stereocenters. The molecule has 0 heterocycles. The third-order valence-corrected chi connectivity index (χ3v) is 5.30. The Morgan fingerprint density at radius 1 is 0.786 bits per heavy atom. The number of amides is 2. The molecule has 0 radical (unpaired) electrons. The third kappa shape index (κ3) is 11.3. The first-order valence-corrected chi connectivity index (χ1v) is 11.1. The quantitative estimate of drug-likeness (QED) is 0.338. The fourth-order valence-corrected chi connectivity index (χ4v) is 3.12. The van der Waals surface area contributed by atoms with E-state index in [-0.39, 0.29) is 17.7 Å². The van der Waals surface area contributed by atoms with Crippen molar-refractivity contribution in [1.82, 2.24) is 10.6 Å². The number of aliphatic carboxylic acids is 1. The van der Waals surface area contributed by atoms with Crippen molar-refractivity contribution >= 4 is 17.8 Å². The van der Waals surface area contributed by atoms with E-state index in [0.717, 1.165) is 25.7 Å². The van der Waals surface area contributed by atoms with Crippen LogP contribution in [0.3, 0.4) is 0 Å². The van der Waals surface area contributed by atoms with Crippen molar-refractivity contribution in [3.63, 3.8) is 0 Å². The Balaban J connectivity index is 4.45. The van der Waals surface area contributed by atoms with Crippen molar-refractivity contribution in [3.8, 4) is 0 Å². The van der Waals surface area contributed by atoms with E-state index in [9.17, 15) is 19.5 Å².